The van der Waals surface area contributed by atoms with Gasteiger partial charge in [-0.2, -0.15) is 0 Å². The average Bonchev–Trinajstić information content (AvgIpc) is 2.81. The summed E-state index contributed by atoms with van der Waals surface area (Å²) in [7, 11) is 1.80. The lowest BCUT2D eigenvalue weighted by Crippen LogP contribution is -2.22. The molecule has 2 heterocycles. The summed E-state index contributed by atoms with van der Waals surface area (Å²) in [6.45, 7) is 0. The van der Waals surface area contributed by atoms with Gasteiger partial charge in [0.25, 0.3) is 0 Å². The van der Waals surface area contributed by atoms with Gasteiger partial charge in [0.1, 0.15) is 5.82 Å². The fourth-order valence-electron chi connectivity index (χ4n) is 2.26. The van der Waals surface area contributed by atoms with Gasteiger partial charge < -0.3 is 10.6 Å². The van der Waals surface area contributed by atoms with Gasteiger partial charge >= 0.3 is 0 Å². The van der Waals surface area contributed by atoms with Gasteiger partial charge in [0, 0.05) is 29.4 Å². The minimum atomic E-state index is -0.0804. The molecular weight excluding hydrogens is 317 g/mol. The van der Waals surface area contributed by atoms with Crippen LogP contribution in [-0.2, 0) is 4.79 Å². The highest BCUT2D eigenvalue weighted by atomic mass is 35.5. The molecule has 0 unspecified atom stereocenters. The maximum Gasteiger partial charge on any atom is 0.226 e. The Bertz CT molecular complexity index is 686. The molecule has 4 nitrogen and oxygen atoms in total. The highest BCUT2D eigenvalue weighted by Gasteiger charge is 2.31. The fourth-order valence-corrected chi connectivity index (χ4v) is 3.79. The molecular formula is C13H11Cl2N3OS. The number of amides is 1. The van der Waals surface area contributed by atoms with E-state index in [-0.39, 0.29) is 11.8 Å². The van der Waals surface area contributed by atoms with Crippen LogP contribution in [0.2, 0.25) is 10.0 Å². The Morgan fingerprint density at radius 1 is 1.45 bits per heavy atom. The van der Waals surface area contributed by atoms with E-state index in [1.807, 2.05) is 6.07 Å². The van der Waals surface area contributed by atoms with E-state index in [9.17, 15) is 4.79 Å². The number of rotatable bonds is 2. The molecule has 1 aromatic heterocycles. The van der Waals surface area contributed by atoms with Gasteiger partial charge in [-0.3, -0.25) is 4.79 Å². The van der Waals surface area contributed by atoms with Crippen molar-refractivity contribution in [2.24, 2.45) is 0 Å². The smallest absolute Gasteiger partial charge is 0.226 e. The van der Waals surface area contributed by atoms with Crippen LogP contribution >= 0.6 is 34.5 Å². The van der Waals surface area contributed by atoms with Crippen molar-refractivity contribution in [3.63, 3.8) is 0 Å². The second kappa shape index (κ2) is 5.24. The van der Waals surface area contributed by atoms with Crippen molar-refractivity contribution in [3.05, 3.63) is 38.7 Å². The predicted octanol–water partition coefficient (Wildman–Crippen LogP) is 3.97. The van der Waals surface area contributed by atoms with Gasteiger partial charge in [-0.1, -0.05) is 40.6 Å². The molecule has 1 aliphatic heterocycles. The first-order valence-electron chi connectivity index (χ1n) is 6.01. The molecule has 1 amide bonds. The number of aromatic nitrogens is 1. The first kappa shape index (κ1) is 13.7. The van der Waals surface area contributed by atoms with Gasteiger partial charge in [0.15, 0.2) is 5.13 Å². The summed E-state index contributed by atoms with van der Waals surface area (Å²) in [6.07, 6.45) is 0.361. The molecule has 2 N–H and O–H groups in total. The maximum absolute atomic E-state index is 11.8. The van der Waals surface area contributed by atoms with Crippen LogP contribution in [-0.4, -0.2) is 17.9 Å². The molecule has 3 rings (SSSR count). The number of anilines is 2. The maximum atomic E-state index is 11.8. The van der Waals surface area contributed by atoms with Crippen LogP contribution in [0.15, 0.2) is 18.2 Å². The molecule has 0 spiro atoms. The number of halogens is 2. The minimum absolute atomic E-state index is 0.0542. The van der Waals surface area contributed by atoms with Crippen LogP contribution in [0.1, 0.15) is 22.8 Å². The number of thiazole rings is 1. The molecule has 1 aliphatic rings. The van der Waals surface area contributed by atoms with Crippen molar-refractivity contribution >= 4 is 51.4 Å². The summed E-state index contributed by atoms with van der Waals surface area (Å²) in [4.78, 5) is 17.2. The summed E-state index contributed by atoms with van der Waals surface area (Å²) in [5.74, 6) is 0.483. The largest absolute Gasteiger partial charge is 0.365 e. The summed E-state index contributed by atoms with van der Waals surface area (Å²) in [5.41, 5.74) is 0.901. The molecule has 0 fully saturated rings. The number of benzene rings is 1. The highest BCUT2D eigenvalue weighted by Crippen LogP contribution is 2.44. The van der Waals surface area contributed by atoms with E-state index in [2.05, 4.69) is 15.6 Å². The standard InChI is InChI=1S/C13H11Cl2N3OS/c1-16-13-18-12-11(20-13)8(5-10(19)17-12)7-3-2-6(14)4-9(7)15/h2-4,8H,5H2,1H3,(H,16,18)(H,17,19)/t8-/m0/s1. The van der Waals surface area contributed by atoms with Crippen LogP contribution in [0.4, 0.5) is 10.9 Å². The number of fused-ring (bicyclic) bond motifs is 1. The minimum Gasteiger partial charge on any atom is -0.365 e. The zero-order valence-electron chi connectivity index (χ0n) is 10.5. The van der Waals surface area contributed by atoms with E-state index >= 15 is 0 Å². The summed E-state index contributed by atoms with van der Waals surface area (Å²) >= 11 is 13.7. The summed E-state index contributed by atoms with van der Waals surface area (Å²) in [6, 6.07) is 5.36. The zero-order chi connectivity index (χ0) is 14.3. The fraction of sp³-hybridized carbons (Fsp3) is 0.231. The lowest BCUT2D eigenvalue weighted by molar-refractivity contribution is -0.116. The van der Waals surface area contributed by atoms with Gasteiger partial charge in [-0.15, -0.1) is 0 Å². The number of nitrogens with zero attached hydrogens (tertiary/aromatic N) is 1. The molecule has 0 aliphatic carbocycles. The van der Waals surface area contributed by atoms with Crippen molar-refractivity contribution in [2.75, 3.05) is 17.7 Å². The van der Waals surface area contributed by atoms with Crippen molar-refractivity contribution in [3.8, 4) is 0 Å². The van der Waals surface area contributed by atoms with Crippen molar-refractivity contribution in [1.29, 1.82) is 0 Å². The third kappa shape index (κ3) is 2.37. The first-order chi connectivity index (χ1) is 9.58. The first-order valence-corrected chi connectivity index (χ1v) is 7.59. The molecule has 7 heteroatoms. The zero-order valence-corrected chi connectivity index (χ0v) is 12.9. The Morgan fingerprint density at radius 2 is 2.25 bits per heavy atom. The topological polar surface area (TPSA) is 54.0 Å². The van der Waals surface area contributed by atoms with E-state index in [0.717, 1.165) is 15.6 Å². The average molecular weight is 328 g/mol. The Morgan fingerprint density at radius 3 is 2.95 bits per heavy atom. The number of nitrogens with one attached hydrogen (secondary N) is 2. The van der Waals surface area contributed by atoms with Crippen LogP contribution < -0.4 is 10.6 Å². The quantitative estimate of drug-likeness (QED) is 0.877. The Balaban J connectivity index is 2.10. The molecule has 2 aromatic rings. The van der Waals surface area contributed by atoms with E-state index in [1.54, 1.807) is 19.2 Å². The van der Waals surface area contributed by atoms with Crippen LogP contribution in [0.25, 0.3) is 0 Å². The van der Waals surface area contributed by atoms with Crippen LogP contribution in [0.3, 0.4) is 0 Å². The second-order valence-electron chi connectivity index (χ2n) is 4.45. The van der Waals surface area contributed by atoms with E-state index in [0.29, 0.717) is 22.3 Å². The summed E-state index contributed by atoms with van der Waals surface area (Å²) in [5, 5.41) is 7.72. The molecule has 1 aromatic carbocycles. The molecule has 20 heavy (non-hydrogen) atoms. The third-order valence-electron chi connectivity index (χ3n) is 3.17. The third-order valence-corrected chi connectivity index (χ3v) is 4.92. The van der Waals surface area contributed by atoms with Gasteiger partial charge in [-0.25, -0.2) is 4.98 Å². The molecule has 0 saturated heterocycles. The number of hydrogen-bond donors (Lipinski definition) is 2. The monoisotopic (exact) mass is 327 g/mol. The Labute approximate surface area is 130 Å². The van der Waals surface area contributed by atoms with Gasteiger partial charge in [-0.05, 0) is 17.7 Å². The molecule has 1 atom stereocenters. The highest BCUT2D eigenvalue weighted by molar-refractivity contribution is 7.16. The second-order valence-corrected chi connectivity index (χ2v) is 6.33. The van der Waals surface area contributed by atoms with Crippen molar-refractivity contribution in [2.45, 2.75) is 12.3 Å². The SMILES string of the molecule is CNc1nc2c(s1)[C@H](c1ccc(Cl)cc1Cl)CC(=O)N2. The number of carbonyl (C=O) groups excluding carboxylic acids is 1. The summed E-state index contributed by atoms with van der Waals surface area (Å²) < 4.78 is 0. The number of carbonyl (C=O) groups is 1. The predicted molar refractivity (Wildman–Crippen MR) is 83.2 cm³/mol. The van der Waals surface area contributed by atoms with Gasteiger partial charge in [0.05, 0.1) is 4.88 Å². The molecule has 0 saturated carbocycles. The van der Waals surface area contributed by atoms with Crippen LogP contribution in [0.5, 0.6) is 0 Å². The molecule has 0 radical (unpaired) electrons. The Hall–Kier alpha value is -1.30. The van der Waals surface area contributed by atoms with E-state index in [4.69, 9.17) is 23.2 Å². The molecule has 104 valence electrons. The van der Waals surface area contributed by atoms with Crippen molar-refractivity contribution < 1.29 is 4.79 Å². The Kier molecular flexibility index (Phi) is 3.58. The number of hydrogen-bond acceptors (Lipinski definition) is 4. The van der Waals surface area contributed by atoms with E-state index in [1.165, 1.54) is 11.3 Å². The van der Waals surface area contributed by atoms with Crippen molar-refractivity contribution in [1.82, 2.24) is 4.98 Å². The normalized spacial score (nSPS) is 17.6. The lowest BCUT2D eigenvalue weighted by Gasteiger charge is -2.22. The van der Waals surface area contributed by atoms with E-state index < -0.39 is 0 Å². The van der Waals surface area contributed by atoms with Gasteiger partial charge in [0.2, 0.25) is 5.91 Å². The molecule has 0 bridgehead atoms. The lowest BCUT2D eigenvalue weighted by atomic mass is 9.91. The van der Waals surface area contributed by atoms with Crippen LogP contribution in [0, 0.1) is 0 Å².